The second-order valence-electron chi connectivity index (χ2n) is 6.30. The smallest absolute Gasteiger partial charge is 0.305 e. The number of carbonyl (C=O) groups is 1. The van der Waals surface area contributed by atoms with Gasteiger partial charge in [0.1, 0.15) is 12.4 Å². The fraction of sp³-hybridized carbons (Fsp3) is 0.350. The van der Waals surface area contributed by atoms with Crippen molar-refractivity contribution in [1.82, 2.24) is 0 Å². The van der Waals surface area contributed by atoms with E-state index in [0.717, 1.165) is 30.8 Å². The third-order valence-electron chi connectivity index (χ3n) is 4.61. The number of aryl methyl sites for hydroxylation is 1. The van der Waals surface area contributed by atoms with Crippen molar-refractivity contribution in [3.63, 3.8) is 0 Å². The third-order valence-corrected chi connectivity index (χ3v) is 4.61. The van der Waals surface area contributed by atoms with E-state index >= 15 is 0 Å². The van der Waals surface area contributed by atoms with Crippen LogP contribution in [0.5, 0.6) is 5.75 Å². The van der Waals surface area contributed by atoms with Gasteiger partial charge in [0, 0.05) is 18.3 Å². The van der Waals surface area contributed by atoms with Crippen LogP contribution < -0.4 is 9.64 Å². The summed E-state index contributed by atoms with van der Waals surface area (Å²) in [5.74, 6) is 0.0982. The van der Waals surface area contributed by atoms with Gasteiger partial charge >= 0.3 is 5.97 Å². The van der Waals surface area contributed by atoms with Crippen LogP contribution in [0, 0.1) is 6.92 Å². The lowest BCUT2D eigenvalue weighted by Crippen LogP contribution is -2.31. The van der Waals surface area contributed by atoms with Crippen LogP contribution in [-0.4, -0.2) is 23.7 Å². The molecule has 1 saturated heterocycles. The Morgan fingerprint density at radius 2 is 1.96 bits per heavy atom. The van der Waals surface area contributed by atoms with Crippen molar-refractivity contribution in [3.8, 4) is 5.75 Å². The molecule has 0 radical (unpaired) electrons. The van der Waals surface area contributed by atoms with Crippen LogP contribution in [0.15, 0.2) is 48.5 Å². The average molecular weight is 325 g/mol. The van der Waals surface area contributed by atoms with Crippen LogP contribution in [0.4, 0.5) is 5.69 Å². The Morgan fingerprint density at radius 3 is 2.67 bits per heavy atom. The van der Waals surface area contributed by atoms with Crippen LogP contribution in [0.1, 0.15) is 30.4 Å². The minimum atomic E-state index is -0.731. The molecule has 2 aromatic rings. The topological polar surface area (TPSA) is 49.8 Å². The molecular formula is C20H23NO3. The fourth-order valence-electron chi connectivity index (χ4n) is 3.26. The molecule has 1 unspecified atom stereocenters. The molecule has 4 nitrogen and oxygen atoms in total. The van der Waals surface area contributed by atoms with E-state index in [1.807, 2.05) is 36.4 Å². The lowest BCUT2D eigenvalue weighted by atomic mass is 10.1. The minimum absolute atomic E-state index is 0.0984. The molecule has 0 aliphatic carbocycles. The first-order valence-electron chi connectivity index (χ1n) is 8.39. The van der Waals surface area contributed by atoms with E-state index < -0.39 is 5.97 Å². The minimum Gasteiger partial charge on any atom is -0.489 e. The first kappa shape index (κ1) is 16.4. The van der Waals surface area contributed by atoms with Crippen LogP contribution in [0.3, 0.4) is 0 Å². The molecule has 2 aromatic carbocycles. The number of rotatable bonds is 6. The van der Waals surface area contributed by atoms with Crippen molar-refractivity contribution in [2.45, 2.75) is 38.8 Å². The van der Waals surface area contributed by atoms with Gasteiger partial charge in [0.2, 0.25) is 0 Å². The van der Waals surface area contributed by atoms with Gasteiger partial charge < -0.3 is 14.7 Å². The summed E-state index contributed by atoms with van der Waals surface area (Å²) in [5, 5.41) is 9.04. The monoisotopic (exact) mass is 325 g/mol. The number of carboxylic acid groups (broad SMARTS) is 1. The molecule has 0 bridgehead atoms. The van der Waals surface area contributed by atoms with E-state index in [0.29, 0.717) is 6.61 Å². The lowest BCUT2D eigenvalue weighted by Gasteiger charge is -2.25. The number of ether oxygens (including phenoxy) is 1. The number of carboxylic acids is 1. The van der Waals surface area contributed by atoms with Gasteiger partial charge in [-0.3, -0.25) is 4.79 Å². The summed E-state index contributed by atoms with van der Waals surface area (Å²) in [6.07, 6.45) is 2.19. The number of benzene rings is 2. The summed E-state index contributed by atoms with van der Waals surface area (Å²) in [7, 11) is 0. The van der Waals surface area contributed by atoms with Gasteiger partial charge in [0.15, 0.2) is 0 Å². The van der Waals surface area contributed by atoms with Crippen LogP contribution >= 0.6 is 0 Å². The highest BCUT2D eigenvalue weighted by Crippen LogP contribution is 2.29. The molecule has 1 heterocycles. The Balaban J connectivity index is 1.63. The second kappa shape index (κ2) is 7.39. The number of nitrogens with zero attached hydrogens (tertiary/aromatic N) is 1. The van der Waals surface area contributed by atoms with E-state index in [1.165, 1.54) is 11.1 Å². The maximum Gasteiger partial charge on any atom is 0.305 e. The molecule has 1 aliphatic rings. The summed E-state index contributed by atoms with van der Waals surface area (Å²) >= 11 is 0. The van der Waals surface area contributed by atoms with Crippen molar-refractivity contribution < 1.29 is 14.6 Å². The number of hydrogen-bond acceptors (Lipinski definition) is 3. The zero-order valence-electron chi connectivity index (χ0n) is 13.9. The molecule has 24 heavy (non-hydrogen) atoms. The van der Waals surface area contributed by atoms with Gasteiger partial charge in [0.05, 0.1) is 6.42 Å². The standard InChI is InChI=1S/C20H23NO3/c1-15-5-2-3-6-16(15)14-24-19-10-8-17(9-11-19)21-12-4-7-18(21)13-20(22)23/h2-3,5-6,8-11,18H,4,7,12-14H2,1H3,(H,22,23). The third kappa shape index (κ3) is 3.88. The van der Waals surface area contributed by atoms with Crippen LogP contribution in [-0.2, 0) is 11.4 Å². The van der Waals surface area contributed by atoms with Crippen molar-refractivity contribution in [2.75, 3.05) is 11.4 Å². The van der Waals surface area contributed by atoms with E-state index in [9.17, 15) is 4.79 Å². The van der Waals surface area contributed by atoms with Crippen LogP contribution in [0.2, 0.25) is 0 Å². The van der Waals surface area contributed by atoms with Crippen molar-refractivity contribution >= 4 is 11.7 Å². The highest BCUT2D eigenvalue weighted by molar-refractivity contribution is 5.69. The Morgan fingerprint density at radius 1 is 1.21 bits per heavy atom. The van der Waals surface area contributed by atoms with Gasteiger partial charge in [-0.1, -0.05) is 24.3 Å². The molecule has 1 aliphatic heterocycles. The van der Waals surface area contributed by atoms with E-state index in [-0.39, 0.29) is 12.5 Å². The first-order valence-corrected chi connectivity index (χ1v) is 8.39. The molecule has 1 atom stereocenters. The van der Waals surface area contributed by atoms with E-state index in [4.69, 9.17) is 9.84 Å². The Hall–Kier alpha value is -2.49. The maximum atomic E-state index is 11.0. The predicted octanol–water partition coefficient (Wildman–Crippen LogP) is 4.02. The molecule has 1 N–H and O–H groups in total. The summed E-state index contributed by atoms with van der Waals surface area (Å²) < 4.78 is 5.87. The van der Waals surface area contributed by atoms with Gasteiger partial charge in [-0.2, -0.15) is 0 Å². The molecule has 0 saturated carbocycles. The van der Waals surface area contributed by atoms with Gasteiger partial charge in [-0.25, -0.2) is 0 Å². The molecule has 0 amide bonds. The summed E-state index contributed by atoms with van der Waals surface area (Å²) in [6, 6.07) is 16.3. The molecule has 126 valence electrons. The number of aliphatic carboxylic acids is 1. The molecular weight excluding hydrogens is 302 g/mol. The zero-order valence-corrected chi connectivity index (χ0v) is 13.9. The first-order chi connectivity index (χ1) is 11.6. The predicted molar refractivity (Wildman–Crippen MR) is 94.6 cm³/mol. The highest BCUT2D eigenvalue weighted by Gasteiger charge is 2.26. The van der Waals surface area contributed by atoms with Crippen molar-refractivity contribution in [1.29, 1.82) is 0 Å². The van der Waals surface area contributed by atoms with Gasteiger partial charge in [-0.05, 0) is 55.2 Å². The molecule has 0 spiro atoms. The molecule has 1 fully saturated rings. The Labute approximate surface area is 142 Å². The normalized spacial score (nSPS) is 17.0. The SMILES string of the molecule is Cc1ccccc1COc1ccc(N2CCCC2CC(=O)O)cc1. The molecule has 4 heteroatoms. The number of anilines is 1. The number of hydrogen-bond donors (Lipinski definition) is 1. The Kier molecular flexibility index (Phi) is 5.04. The fourth-order valence-corrected chi connectivity index (χ4v) is 3.26. The molecule has 0 aromatic heterocycles. The average Bonchev–Trinajstić information content (AvgIpc) is 3.02. The largest absolute Gasteiger partial charge is 0.489 e. The lowest BCUT2D eigenvalue weighted by molar-refractivity contribution is -0.137. The quantitative estimate of drug-likeness (QED) is 0.871. The summed E-state index contributed by atoms with van der Waals surface area (Å²) in [5.41, 5.74) is 3.48. The van der Waals surface area contributed by atoms with Crippen molar-refractivity contribution in [3.05, 3.63) is 59.7 Å². The van der Waals surface area contributed by atoms with Gasteiger partial charge in [0.25, 0.3) is 0 Å². The van der Waals surface area contributed by atoms with Gasteiger partial charge in [-0.15, -0.1) is 0 Å². The molecule has 3 rings (SSSR count). The second-order valence-corrected chi connectivity index (χ2v) is 6.30. The Bertz CT molecular complexity index is 696. The van der Waals surface area contributed by atoms with E-state index in [2.05, 4.69) is 24.0 Å². The van der Waals surface area contributed by atoms with Crippen molar-refractivity contribution in [2.24, 2.45) is 0 Å². The zero-order chi connectivity index (χ0) is 16.9. The highest BCUT2D eigenvalue weighted by atomic mass is 16.5. The summed E-state index contributed by atoms with van der Waals surface area (Å²) in [4.78, 5) is 13.2. The van der Waals surface area contributed by atoms with E-state index in [1.54, 1.807) is 0 Å². The summed E-state index contributed by atoms with van der Waals surface area (Å²) in [6.45, 7) is 3.55. The maximum absolute atomic E-state index is 11.0. The van der Waals surface area contributed by atoms with Crippen LogP contribution in [0.25, 0.3) is 0 Å².